The highest BCUT2D eigenvalue weighted by Crippen LogP contribution is 2.55. The summed E-state index contributed by atoms with van der Waals surface area (Å²) >= 11 is 0.967. The van der Waals surface area contributed by atoms with Gasteiger partial charge in [0.05, 0.1) is 11.0 Å². The lowest BCUT2D eigenvalue weighted by Gasteiger charge is -2.24. The van der Waals surface area contributed by atoms with Gasteiger partial charge in [-0.05, 0) is 19.3 Å². The lowest BCUT2D eigenvalue weighted by Crippen LogP contribution is -2.37. The van der Waals surface area contributed by atoms with E-state index < -0.39 is 33.5 Å². The molecule has 0 spiro atoms. The number of carbonyl (C=O) groups is 2. The normalized spacial score (nSPS) is 38.9. The third-order valence-electron chi connectivity index (χ3n) is 5.03. The van der Waals surface area contributed by atoms with Gasteiger partial charge in [-0.25, -0.2) is 0 Å². The Hall–Kier alpha value is -0.600. The summed E-state index contributed by atoms with van der Waals surface area (Å²) in [5.74, 6) is -0.549. The van der Waals surface area contributed by atoms with Gasteiger partial charge >= 0.3 is 5.97 Å². The first-order chi connectivity index (χ1) is 10.3. The van der Waals surface area contributed by atoms with E-state index in [9.17, 15) is 18.0 Å². The number of fused-ring (bicyclic) bond motifs is 1. The van der Waals surface area contributed by atoms with Crippen molar-refractivity contribution >= 4 is 33.0 Å². The maximum absolute atomic E-state index is 11.9. The van der Waals surface area contributed by atoms with Crippen molar-refractivity contribution < 1.29 is 26.9 Å². The number of ether oxygens (including phenoxy) is 1. The fraction of sp³-hybridized carbons (Fsp3) is 0.857. The van der Waals surface area contributed by atoms with Gasteiger partial charge in [0.25, 0.3) is 10.1 Å². The third-order valence-corrected chi connectivity index (χ3v) is 7.87. The summed E-state index contributed by atoms with van der Waals surface area (Å²) in [7, 11) is -3.49. The number of esters is 1. The summed E-state index contributed by atoms with van der Waals surface area (Å²) in [5.41, 5.74) is 0. The molecular weight excluding hydrogens is 328 g/mol. The van der Waals surface area contributed by atoms with Crippen LogP contribution in [-0.4, -0.2) is 42.7 Å². The molecule has 6 nitrogen and oxygen atoms in total. The van der Waals surface area contributed by atoms with Crippen molar-refractivity contribution in [2.24, 2.45) is 17.8 Å². The highest BCUT2D eigenvalue weighted by Gasteiger charge is 2.65. The molecule has 0 amide bonds. The molecule has 2 saturated carbocycles. The molecule has 0 aromatic rings. The first-order valence-electron chi connectivity index (χ1n) is 7.61. The van der Waals surface area contributed by atoms with Crippen molar-refractivity contribution in [3.8, 4) is 0 Å². The molecule has 3 rings (SSSR count). The predicted octanol–water partition coefficient (Wildman–Crippen LogP) is 1.34. The number of hydrogen-bond donors (Lipinski definition) is 0. The van der Waals surface area contributed by atoms with Gasteiger partial charge in [-0.1, -0.05) is 25.6 Å². The van der Waals surface area contributed by atoms with Crippen LogP contribution in [0.1, 0.15) is 33.1 Å². The fourth-order valence-corrected chi connectivity index (χ4v) is 6.33. The van der Waals surface area contributed by atoms with Crippen LogP contribution in [-0.2, 0) is 28.6 Å². The van der Waals surface area contributed by atoms with Crippen LogP contribution >= 0.6 is 11.8 Å². The average Bonchev–Trinajstić information content (AvgIpc) is 3.08. The van der Waals surface area contributed by atoms with Crippen molar-refractivity contribution in [3.63, 3.8) is 0 Å². The molecule has 6 unspecified atom stereocenters. The molecular formula is C14H20O6S2. The number of thioether (sulfide) groups is 1. The molecule has 1 aliphatic heterocycles. The average molecular weight is 348 g/mol. The zero-order valence-corrected chi connectivity index (χ0v) is 14.2. The Labute approximate surface area is 134 Å². The number of hydrogen-bond acceptors (Lipinski definition) is 7. The van der Waals surface area contributed by atoms with E-state index in [-0.39, 0.29) is 28.6 Å². The second kappa shape index (κ2) is 5.79. The van der Waals surface area contributed by atoms with E-state index in [0.29, 0.717) is 6.42 Å². The number of rotatable bonds is 5. The molecule has 3 fully saturated rings. The highest BCUT2D eigenvalue weighted by molar-refractivity contribution is 8.14. The van der Waals surface area contributed by atoms with Crippen LogP contribution in [0.5, 0.6) is 0 Å². The van der Waals surface area contributed by atoms with Crippen LogP contribution in [0.15, 0.2) is 0 Å². The molecule has 0 radical (unpaired) electrons. The van der Waals surface area contributed by atoms with E-state index in [1.54, 1.807) is 0 Å². The van der Waals surface area contributed by atoms with Gasteiger partial charge in [0.2, 0.25) is 0 Å². The number of carbonyl (C=O) groups excluding carboxylic acids is 2. The van der Waals surface area contributed by atoms with Gasteiger partial charge in [0, 0.05) is 17.8 Å². The standard InChI is InChI=1S/C14H20O6S2/c1-3-7(2)14(16)21-6-11(15)19-12-8-4-9-10(5-8)22(17,18)20-13(9)12/h7-10,12-13H,3-6H2,1-2H3. The van der Waals surface area contributed by atoms with Crippen molar-refractivity contribution in [3.05, 3.63) is 0 Å². The van der Waals surface area contributed by atoms with E-state index in [1.807, 2.05) is 13.8 Å². The first-order valence-corrected chi connectivity index (χ1v) is 10.1. The molecule has 1 heterocycles. The lowest BCUT2D eigenvalue weighted by molar-refractivity contribution is -0.152. The summed E-state index contributed by atoms with van der Waals surface area (Å²) in [6, 6.07) is 0. The summed E-state index contributed by atoms with van der Waals surface area (Å²) in [4.78, 5) is 23.6. The van der Waals surface area contributed by atoms with E-state index in [4.69, 9.17) is 8.92 Å². The molecule has 124 valence electrons. The molecule has 0 aromatic heterocycles. The van der Waals surface area contributed by atoms with Crippen molar-refractivity contribution in [2.75, 3.05) is 5.75 Å². The van der Waals surface area contributed by atoms with E-state index >= 15 is 0 Å². The maximum Gasteiger partial charge on any atom is 0.316 e. The summed E-state index contributed by atoms with van der Waals surface area (Å²) in [5, 5.41) is -0.439. The zero-order valence-electron chi connectivity index (χ0n) is 12.6. The van der Waals surface area contributed by atoms with Crippen LogP contribution in [0.4, 0.5) is 0 Å². The minimum atomic E-state index is -3.49. The Balaban J connectivity index is 1.55. The topological polar surface area (TPSA) is 86.7 Å². The van der Waals surface area contributed by atoms with E-state index in [0.717, 1.165) is 24.6 Å². The highest BCUT2D eigenvalue weighted by atomic mass is 32.2. The molecule has 0 N–H and O–H groups in total. The van der Waals surface area contributed by atoms with Crippen LogP contribution in [0.2, 0.25) is 0 Å². The molecule has 2 aliphatic carbocycles. The molecule has 1 saturated heterocycles. The van der Waals surface area contributed by atoms with Crippen molar-refractivity contribution in [1.29, 1.82) is 0 Å². The maximum atomic E-state index is 11.9. The Morgan fingerprint density at radius 1 is 1.36 bits per heavy atom. The van der Waals surface area contributed by atoms with Crippen LogP contribution in [0, 0.1) is 17.8 Å². The second-order valence-electron chi connectivity index (χ2n) is 6.36. The molecule has 3 aliphatic rings. The molecule has 22 heavy (non-hydrogen) atoms. The molecule has 6 atom stereocenters. The van der Waals surface area contributed by atoms with Crippen molar-refractivity contribution in [1.82, 2.24) is 0 Å². The summed E-state index contributed by atoms with van der Waals surface area (Å²) < 4.78 is 34.2. The summed E-state index contributed by atoms with van der Waals surface area (Å²) in [6.45, 7) is 3.75. The van der Waals surface area contributed by atoms with Gasteiger partial charge in [-0.3, -0.25) is 13.8 Å². The third kappa shape index (κ3) is 2.69. The predicted molar refractivity (Wildman–Crippen MR) is 80.6 cm³/mol. The van der Waals surface area contributed by atoms with Crippen LogP contribution in [0.3, 0.4) is 0 Å². The second-order valence-corrected chi connectivity index (χ2v) is 9.12. The Morgan fingerprint density at radius 2 is 2.09 bits per heavy atom. The minimum Gasteiger partial charge on any atom is -0.459 e. The first kappa shape index (κ1) is 16.3. The van der Waals surface area contributed by atoms with Gasteiger partial charge in [0.1, 0.15) is 12.2 Å². The molecule has 0 aromatic carbocycles. The lowest BCUT2D eigenvalue weighted by atomic mass is 9.94. The van der Waals surface area contributed by atoms with Crippen molar-refractivity contribution in [2.45, 2.75) is 50.6 Å². The van der Waals surface area contributed by atoms with Crippen LogP contribution < -0.4 is 0 Å². The Bertz CT molecular complexity index is 586. The van der Waals surface area contributed by atoms with Gasteiger partial charge in [-0.15, -0.1) is 0 Å². The molecule has 2 bridgehead atoms. The van der Waals surface area contributed by atoms with Gasteiger partial charge in [-0.2, -0.15) is 8.42 Å². The Kier molecular flexibility index (Phi) is 4.28. The fourth-order valence-electron chi connectivity index (χ4n) is 3.67. The van der Waals surface area contributed by atoms with E-state index in [1.165, 1.54) is 0 Å². The monoisotopic (exact) mass is 348 g/mol. The quantitative estimate of drug-likeness (QED) is 0.547. The summed E-state index contributed by atoms with van der Waals surface area (Å²) in [6.07, 6.45) is 0.993. The SMILES string of the molecule is CCC(C)C(=O)SCC(=O)OC1C2CC3C1OS(=O)(=O)C3C2. The minimum absolute atomic E-state index is 0.0212. The van der Waals surface area contributed by atoms with E-state index in [2.05, 4.69) is 0 Å². The largest absolute Gasteiger partial charge is 0.459 e. The zero-order chi connectivity index (χ0) is 16.1. The Morgan fingerprint density at radius 3 is 2.77 bits per heavy atom. The van der Waals surface area contributed by atoms with Gasteiger partial charge in [0.15, 0.2) is 5.12 Å². The van der Waals surface area contributed by atoms with Crippen LogP contribution in [0.25, 0.3) is 0 Å². The molecule has 8 heteroatoms. The smallest absolute Gasteiger partial charge is 0.316 e. The van der Waals surface area contributed by atoms with Gasteiger partial charge < -0.3 is 4.74 Å².